The molecule has 4 heteroatoms. The van der Waals surface area contributed by atoms with E-state index in [-0.39, 0.29) is 29.9 Å². The third-order valence-corrected chi connectivity index (χ3v) is 5.80. The number of nitrogens with zero attached hydrogens (tertiary/aromatic N) is 1. The zero-order valence-corrected chi connectivity index (χ0v) is 20.2. The molecule has 0 bridgehead atoms. The summed E-state index contributed by atoms with van der Waals surface area (Å²) in [4.78, 5) is 18.8. The Morgan fingerprint density at radius 2 is 1.52 bits per heavy atom. The number of carbonyl (C=O) groups excluding carboxylic acids is 1. The first-order valence-electron chi connectivity index (χ1n) is 11.2. The number of hydrogen-bond donors (Lipinski definition) is 1. The summed E-state index contributed by atoms with van der Waals surface area (Å²) in [5.74, 6) is 0.1000. The number of aliphatic hydroxyl groups is 1. The highest BCUT2D eigenvalue weighted by Gasteiger charge is 2.44. The van der Waals surface area contributed by atoms with Crippen molar-refractivity contribution in [2.75, 3.05) is 6.61 Å². The minimum Gasteiger partial charge on any atom is -0.387 e. The number of hydroxylamine groups is 2. The number of rotatable bonds is 11. The highest BCUT2D eigenvalue weighted by atomic mass is 16.7. The Kier molecular flexibility index (Phi) is 9.78. The van der Waals surface area contributed by atoms with Gasteiger partial charge in [-0.05, 0) is 93.9 Å². The largest absolute Gasteiger partial charge is 0.387 e. The molecule has 1 saturated heterocycles. The summed E-state index contributed by atoms with van der Waals surface area (Å²) in [6.45, 7) is 17.1. The van der Waals surface area contributed by atoms with Gasteiger partial charge in [0.05, 0.1) is 12.2 Å². The van der Waals surface area contributed by atoms with Gasteiger partial charge in [0.1, 0.15) is 5.78 Å². The molecule has 0 aliphatic carbocycles. The second-order valence-corrected chi connectivity index (χ2v) is 10.6. The molecule has 0 radical (unpaired) electrons. The molecular formula is C25H45NO3. The van der Waals surface area contributed by atoms with Crippen LogP contribution in [0.5, 0.6) is 0 Å². The van der Waals surface area contributed by atoms with Crippen LogP contribution in [0.2, 0.25) is 0 Å². The molecule has 168 valence electrons. The molecule has 0 aromatic heterocycles. The van der Waals surface area contributed by atoms with E-state index in [1.54, 1.807) is 0 Å². The van der Waals surface area contributed by atoms with Crippen molar-refractivity contribution in [2.24, 2.45) is 0 Å². The summed E-state index contributed by atoms with van der Waals surface area (Å²) in [6.07, 6.45) is 10.1. The van der Waals surface area contributed by atoms with E-state index in [2.05, 4.69) is 58.8 Å². The van der Waals surface area contributed by atoms with Crippen LogP contribution in [0.1, 0.15) is 107 Å². The van der Waals surface area contributed by atoms with E-state index in [0.29, 0.717) is 12.8 Å². The Labute approximate surface area is 179 Å². The second-order valence-electron chi connectivity index (χ2n) is 10.6. The zero-order valence-electron chi connectivity index (χ0n) is 20.2. The Hall–Kier alpha value is -0.970. The van der Waals surface area contributed by atoms with Crippen LogP contribution in [0.3, 0.4) is 0 Å². The van der Waals surface area contributed by atoms with Gasteiger partial charge in [0, 0.05) is 23.9 Å². The van der Waals surface area contributed by atoms with E-state index in [9.17, 15) is 9.90 Å². The maximum Gasteiger partial charge on any atom is 0.136 e. The Morgan fingerprint density at radius 3 is 2.03 bits per heavy atom. The van der Waals surface area contributed by atoms with Crippen molar-refractivity contribution in [1.29, 1.82) is 0 Å². The van der Waals surface area contributed by atoms with Crippen LogP contribution >= 0.6 is 0 Å². The van der Waals surface area contributed by atoms with Crippen LogP contribution in [0.25, 0.3) is 0 Å². The lowest BCUT2D eigenvalue weighted by Gasteiger charge is -2.52. The van der Waals surface area contributed by atoms with Gasteiger partial charge < -0.3 is 5.11 Å². The summed E-state index contributed by atoms with van der Waals surface area (Å²) in [7, 11) is 0. The first-order chi connectivity index (χ1) is 13.3. The minimum atomic E-state index is -1.14. The predicted octanol–water partition coefficient (Wildman–Crippen LogP) is 6.14. The van der Waals surface area contributed by atoms with Gasteiger partial charge >= 0.3 is 0 Å². The van der Waals surface area contributed by atoms with Crippen molar-refractivity contribution in [3.63, 3.8) is 0 Å². The molecular weight excluding hydrogens is 362 g/mol. The summed E-state index contributed by atoms with van der Waals surface area (Å²) in [5.41, 5.74) is 1.12. The van der Waals surface area contributed by atoms with Crippen molar-refractivity contribution in [1.82, 2.24) is 5.06 Å². The van der Waals surface area contributed by atoms with Crippen molar-refractivity contribution in [3.8, 4) is 0 Å². The van der Waals surface area contributed by atoms with E-state index in [1.807, 2.05) is 13.8 Å². The van der Waals surface area contributed by atoms with E-state index in [4.69, 9.17) is 4.84 Å². The fourth-order valence-corrected chi connectivity index (χ4v) is 4.33. The van der Waals surface area contributed by atoms with E-state index >= 15 is 0 Å². The van der Waals surface area contributed by atoms with Crippen molar-refractivity contribution < 1.29 is 14.7 Å². The molecule has 4 nitrogen and oxygen atoms in total. The molecule has 0 aromatic rings. The summed E-state index contributed by atoms with van der Waals surface area (Å²) in [5, 5.41) is 13.4. The van der Waals surface area contributed by atoms with Crippen LogP contribution in [0.15, 0.2) is 23.3 Å². The number of Topliss-reactive ketones (excluding diaryl/α,β-unsaturated/α-hetero) is 1. The summed E-state index contributed by atoms with van der Waals surface area (Å²) in [6, 6.07) is 0. The monoisotopic (exact) mass is 407 g/mol. The molecule has 1 atom stereocenters. The maximum atomic E-state index is 12.6. The summed E-state index contributed by atoms with van der Waals surface area (Å²) < 4.78 is 0. The Bertz CT molecular complexity index is 579. The first kappa shape index (κ1) is 26.1. The fraction of sp³-hybridized carbons (Fsp3) is 0.800. The van der Waals surface area contributed by atoms with E-state index < -0.39 is 5.60 Å². The molecule has 1 rings (SSSR count). The van der Waals surface area contributed by atoms with Gasteiger partial charge in [-0.15, -0.1) is 0 Å². The standard InChI is InChI=1S/C25H45NO3/c1-20(2)12-9-14-22(27)18-25(28,17-10-13-21(3)4)19-29-26-23(5,6)15-11-16-24(26,7)8/h12-13,28H,9-11,14-19H2,1-8H3. The van der Waals surface area contributed by atoms with Gasteiger partial charge in [-0.3, -0.25) is 9.63 Å². The third-order valence-electron chi connectivity index (χ3n) is 5.80. The number of hydrogen-bond acceptors (Lipinski definition) is 4. The SMILES string of the molecule is CC(C)=CCCC(=O)CC(O)(CCC=C(C)C)CON1C(C)(C)CCCC1(C)C. The van der Waals surface area contributed by atoms with Gasteiger partial charge in [-0.2, -0.15) is 5.06 Å². The molecule has 0 saturated carbocycles. The lowest BCUT2D eigenvalue weighted by molar-refractivity contribution is -0.299. The van der Waals surface area contributed by atoms with E-state index in [1.165, 1.54) is 17.6 Å². The fourth-order valence-electron chi connectivity index (χ4n) is 4.33. The Morgan fingerprint density at radius 1 is 1.00 bits per heavy atom. The lowest BCUT2D eigenvalue weighted by atomic mass is 9.82. The molecule has 1 heterocycles. The zero-order chi connectivity index (χ0) is 22.3. The summed E-state index contributed by atoms with van der Waals surface area (Å²) >= 11 is 0. The smallest absolute Gasteiger partial charge is 0.136 e. The highest BCUT2D eigenvalue weighted by Crippen LogP contribution is 2.39. The number of allylic oxidation sites excluding steroid dienone is 4. The topological polar surface area (TPSA) is 49.8 Å². The molecule has 1 N–H and O–H groups in total. The molecule has 0 amide bonds. The molecule has 1 aliphatic rings. The number of ketones is 1. The maximum absolute atomic E-state index is 12.6. The molecule has 1 fully saturated rings. The third kappa shape index (κ3) is 9.15. The minimum absolute atomic E-state index is 0.0873. The quantitative estimate of drug-likeness (QED) is 0.418. The van der Waals surface area contributed by atoms with Crippen molar-refractivity contribution in [2.45, 2.75) is 123 Å². The second kappa shape index (κ2) is 10.9. The molecule has 0 aromatic carbocycles. The molecule has 0 spiro atoms. The lowest BCUT2D eigenvalue weighted by Crippen LogP contribution is -2.59. The van der Waals surface area contributed by atoms with Crippen molar-refractivity contribution >= 4 is 5.78 Å². The van der Waals surface area contributed by atoms with Crippen LogP contribution in [0, 0.1) is 0 Å². The van der Waals surface area contributed by atoms with Crippen molar-refractivity contribution in [3.05, 3.63) is 23.3 Å². The molecule has 1 aliphatic heterocycles. The van der Waals surface area contributed by atoms with Crippen LogP contribution in [-0.4, -0.2) is 39.2 Å². The highest BCUT2D eigenvalue weighted by molar-refractivity contribution is 5.79. The average molecular weight is 408 g/mol. The molecule has 1 unspecified atom stereocenters. The normalized spacial score (nSPS) is 20.6. The Balaban J connectivity index is 2.86. The molecule has 29 heavy (non-hydrogen) atoms. The van der Waals surface area contributed by atoms with Gasteiger partial charge in [0.2, 0.25) is 0 Å². The predicted molar refractivity (Wildman–Crippen MR) is 122 cm³/mol. The van der Waals surface area contributed by atoms with Crippen LogP contribution in [-0.2, 0) is 9.63 Å². The first-order valence-corrected chi connectivity index (χ1v) is 11.2. The van der Waals surface area contributed by atoms with Crippen LogP contribution < -0.4 is 0 Å². The average Bonchev–Trinajstić information content (AvgIpc) is 2.52. The van der Waals surface area contributed by atoms with Gasteiger partial charge in [-0.25, -0.2) is 0 Å². The van der Waals surface area contributed by atoms with E-state index in [0.717, 1.165) is 25.7 Å². The van der Waals surface area contributed by atoms with Gasteiger partial charge in [-0.1, -0.05) is 23.3 Å². The van der Waals surface area contributed by atoms with Gasteiger partial charge in [0.15, 0.2) is 0 Å². The number of carbonyl (C=O) groups is 1. The van der Waals surface area contributed by atoms with Crippen LogP contribution in [0.4, 0.5) is 0 Å². The van der Waals surface area contributed by atoms with Gasteiger partial charge in [0.25, 0.3) is 0 Å². The number of piperidine rings is 1.